The minimum absolute atomic E-state index is 0.0401. The van der Waals surface area contributed by atoms with Gasteiger partial charge in [0.15, 0.2) is 9.84 Å². The Labute approximate surface area is 108 Å². The van der Waals surface area contributed by atoms with E-state index in [-0.39, 0.29) is 12.4 Å². The first-order chi connectivity index (χ1) is 8.38. The van der Waals surface area contributed by atoms with Crippen molar-refractivity contribution < 1.29 is 18.3 Å². The van der Waals surface area contributed by atoms with Gasteiger partial charge in [0.25, 0.3) is 0 Å². The molecular formula is C13H18O4S. The summed E-state index contributed by atoms with van der Waals surface area (Å²) in [5, 5.41) is 9.95. The Hall–Kier alpha value is -1.07. The Kier molecular flexibility index (Phi) is 3.64. The average molecular weight is 270 g/mol. The Morgan fingerprint density at radius 3 is 2.56 bits per heavy atom. The molecule has 0 unspecified atom stereocenters. The van der Waals surface area contributed by atoms with E-state index in [9.17, 15) is 13.5 Å². The Morgan fingerprint density at radius 1 is 1.33 bits per heavy atom. The molecule has 0 heterocycles. The van der Waals surface area contributed by atoms with E-state index in [2.05, 4.69) is 0 Å². The van der Waals surface area contributed by atoms with Crippen LogP contribution in [0.15, 0.2) is 24.3 Å². The number of para-hydroxylation sites is 1. The van der Waals surface area contributed by atoms with Gasteiger partial charge in [-0.1, -0.05) is 18.2 Å². The van der Waals surface area contributed by atoms with E-state index >= 15 is 0 Å². The third-order valence-corrected chi connectivity index (χ3v) is 4.01. The van der Waals surface area contributed by atoms with Gasteiger partial charge in [-0.3, -0.25) is 0 Å². The highest BCUT2D eigenvalue weighted by Gasteiger charge is 2.35. The van der Waals surface area contributed by atoms with Gasteiger partial charge in [-0.05, 0) is 25.3 Å². The number of hydrogen-bond donors (Lipinski definition) is 1. The summed E-state index contributed by atoms with van der Waals surface area (Å²) >= 11 is 0. The molecule has 0 aromatic heterocycles. The van der Waals surface area contributed by atoms with Crippen LogP contribution in [0.25, 0.3) is 0 Å². The normalized spacial score (nSPS) is 18.1. The summed E-state index contributed by atoms with van der Waals surface area (Å²) in [5.41, 5.74) is -0.0824. The fraction of sp³-hybridized carbons (Fsp3) is 0.538. The molecular weight excluding hydrogens is 252 g/mol. The monoisotopic (exact) mass is 270 g/mol. The topological polar surface area (TPSA) is 63.6 Å². The molecule has 0 spiro atoms. The maximum absolute atomic E-state index is 11.3. The van der Waals surface area contributed by atoms with Crippen LogP contribution in [0.3, 0.4) is 0 Å². The van der Waals surface area contributed by atoms with Gasteiger partial charge in [0.05, 0.1) is 11.4 Å². The largest absolute Gasteiger partial charge is 0.490 e. The van der Waals surface area contributed by atoms with Gasteiger partial charge in [-0.2, -0.15) is 0 Å². The summed E-state index contributed by atoms with van der Waals surface area (Å²) in [5.74, 6) is 0.505. The van der Waals surface area contributed by atoms with Crippen LogP contribution in [0.1, 0.15) is 24.8 Å². The zero-order chi connectivity index (χ0) is 13.2. The molecule has 100 valence electrons. The maximum atomic E-state index is 11.3. The van der Waals surface area contributed by atoms with Gasteiger partial charge in [-0.25, -0.2) is 8.42 Å². The van der Waals surface area contributed by atoms with Crippen LogP contribution in [-0.4, -0.2) is 32.0 Å². The van der Waals surface area contributed by atoms with Crippen molar-refractivity contribution >= 4 is 9.84 Å². The molecule has 1 aliphatic rings. The molecule has 1 aromatic rings. The molecule has 4 nitrogen and oxygen atoms in total. The van der Waals surface area contributed by atoms with Gasteiger partial charge in [0.1, 0.15) is 12.4 Å². The second-order valence-corrected chi connectivity index (χ2v) is 7.18. The van der Waals surface area contributed by atoms with Crippen molar-refractivity contribution in [3.8, 4) is 5.75 Å². The van der Waals surface area contributed by atoms with E-state index in [4.69, 9.17) is 4.74 Å². The van der Waals surface area contributed by atoms with Crippen LogP contribution >= 0.6 is 0 Å². The molecule has 1 fully saturated rings. The lowest BCUT2D eigenvalue weighted by molar-refractivity contribution is -0.0664. The molecule has 1 aliphatic carbocycles. The van der Waals surface area contributed by atoms with Crippen molar-refractivity contribution in [3.05, 3.63) is 29.8 Å². The first-order valence-electron chi connectivity index (χ1n) is 5.99. The van der Waals surface area contributed by atoms with Crippen molar-refractivity contribution in [3.63, 3.8) is 0 Å². The van der Waals surface area contributed by atoms with Crippen LogP contribution in [0.2, 0.25) is 0 Å². The number of benzene rings is 1. The highest BCUT2D eigenvalue weighted by molar-refractivity contribution is 7.89. The SMILES string of the molecule is CS(=O)(=O)Cc1ccccc1OCC1(O)CCC1. The highest BCUT2D eigenvalue weighted by atomic mass is 32.2. The molecule has 18 heavy (non-hydrogen) atoms. The molecule has 0 saturated heterocycles. The van der Waals surface area contributed by atoms with E-state index in [1.807, 2.05) is 0 Å². The molecule has 0 aliphatic heterocycles. The van der Waals surface area contributed by atoms with Gasteiger partial charge < -0.3 is 9.84 Å². The van der Waals surface area contributed by atoms with Crippen LogP contribution < -0.4 is 4.74 Å². The van der Waals surface area contributed by atoms with E-state index in [1.165, 1.54) is 6.26 Å². The molecule has 1 saturated carbocycles. The number of sulfone groups is 1. The molecule has 0 atom stereocenters. The van der Waals surface area contributed by atoms with Gasteiger partial charge in [0.2, 0.25) is 0 Å². The van der Waals surface area contributed by atoms with Crippen molar-refractivity contribution in [1.29, 1.82) is 0 Å². The van der Waals surface area contributed by atoms with Crippen LogP contribution in [0, 0.1) is 0 Å². The van der Waals surface area contributed by atoms with Crippen LogP contribution in [0.5, 0.6) is 5.75 Å². The smallest absolute Gasteiger partial charge is 0.151 e. The molecule has 5 heteroatoms. The molecule has 0 radical (unpaired) electrons. The lowest BCUT2D eigenvalue weighted by atomic mass is 9.81. The summed E-state index contributed by atoms with van der Waals surface area (Å²) in [6.07, 6.45) is 3.72. The first-order valence-corrected chi connectivity index (χ1v) is 8.05. The zero-order valence-electron chi connectivity index (χ0n) is 10.4. The van der Waals surface area contributed by atoms with Gasteiger partial charge >= 0.3 is 0 Å². The molecule has 0 bridgehead atoms. The zero-order valence-corrected chi connectivity index (χ0v) is 11.2. The second kappa shape index (κ2) is 4.90. The van der Waals surface area contributed by atoms with E-state index in [0.29, 0.717) is 11.3 Å². The fourth-order valence-electron chi connectivity index (χ4n) is 1.99. The van der Waals surface area contributed by atoms with E-state index in [0.717, 1.165) is 19.3 Å². The van der Waals surface area contributed by atoms with Crippen molar-refractivity contribution in [2.45, 2.75) is 30.6 Å². The van der Waals surface area contributed by atoms with E-state index < -0.39 is 15.4 Å². The third kappa shape index (κ3) is 3.46. The maximum Gasteiger partial charge on any atom is 0.151 e. The minimum Gasteiger partial charge on any atom is -0.490 e. The third-order valence-electron chi connectivity index (χ3n) is 3.17. The summed E-state index contributed by atoms with van der Waals surface area (Å²) in [6.45, 7) is 0.230. The van der Waals surface area contributed by atoms with E-state index in [1.54, 1.807) is 24.3 Å². The standard InChI is InChI=1S/C13H18O4S/c1-18(15,16)9-11-5-2-3-6-12(11)17-10-13(14)7-4-8-13/h2-3,5-6,14H,4,7-10H2,1H3. The second-order valence-electron chi connectivity index (χ2n) is 5.04. The highest BCUT2D eigenvalue weighted by Crippen LogP contribution is 2.32. The van der Waals surface area contributed by atoms with Crippen molar-refractivity contribution in [2.24, 2.45) is 0 Å². The number of ether oxygens (including phenoxy) is 1. The summed E-state index contributed by atoms with van der Waals surface area (Å²) < 4.78 is 28.2. The predicted molar refractivity (Wildman–Crippen MR) is 69.3 cm³/mol. The first kappa shape index (κ1) is 13.4. The number of rotatable bonds is 5. The number of hydrogen-bond acceptors (Lipinski definition) is 4. The predicted octanol–water partition coefficient (Wildman–Crippen LogP) is 1.53. The quantitative estimate of drug-likeness (QED) is 0.881. The van der Waals surface area contributed by atoms with Crippen molar-refractivity contribution in [2.75, 3.05) is 12.9 Å². The van der Waals surface area contributed by atoms with Crippen LogP contribution in [-0.2, 0) is 15.6 Å². The van der Waals surface area contributed by atoms with Gasteiger partial charge in [0, 0.05) is 11.8 Å². The Bertz CT molecular complexity index is 518. The van der Waals surface area contributed by atoms with Gasteiger partial charge in [-0.15, -0.1) is 0 Å². The lowest BCUT2D eigenvalue weighted by Gasteiger charge is -2.36. The summed E-state index contributed by atoms with van der Waals surface area (Å²) in [4.78, 5) is 0. The average Bonchev–Trinajstić information content (AvgIpc) is 2.23. The van der Waals surface area contributed by atoms with Crippen molar-refractivity contribution in [1.82, 2.24) is 0 Å². The number of aliphatic hydroxyl groups is 1. The molecule has 1 N–H and O–H groups in total. The lowest BCUT2D eigenvalue weighted by Crippen LogP contribution is -2.42. The summed E-state index contributed by atoms with van der Waals surface area (Å²) in [7, 11) is -3.09. The fourth-order valence-corrected chi connectivity index (χ4v) is 2.79. The Morgan fingerprint density at radius 2 is 2.00 bits per heavy atom. The molecule has 2 rings (SSSR count). The molecule has 0 amide bonds. The summed E-state index contributed by atoms with van der Waals surface area (Å²) in [6, 6.07) is 7.06. The minimum atomic E-state index is -3.09. The van der Waals surface area contributed by atoms with Crippen LogP contribution in [0.4, 0.5) is 0 Å². The molecule has 1 aromatic carbocycles. The Balaban J connectivity index is 2.07.